The summed E-state index contributed by atoms with van der Waals surface area (Å²) in [5.41, 5.74) is 0.972. The van der Waals surface area contributed by atoms with Gasteiger partial charge < -0.3 is 4.74 Å². The van der Waals surface area contributed by atoms with E-state index in [9.17, 15) is 13.2 Å². The lowest BCUT2D eigenvalue weighted by Gasteiger charge is -2.37. The lowest BCUT2D eigenvalue weighted by atomic mass is 10.1. The van der Waals surface area contributed by atoms with Crippen molar-refractivity contribution in [2.24, 2.45) is 0 Å². The highest BCUT2D eigenvalue weighted by molar-refractivity contribution is 8.03. The number of rotatable bonds is 7. The molecule has 0 saturated carbocycles. The predicted molar refractivity (Wildman–Crippen MR) is 115 cm³/mol. The molecule has 0 bridgehead atoms. The predicted octanol–water partition coefficient (Wildman–Crippen LogP) is 4.16. The van der Waals surface area contributed by atoms with Crippen LogP contribution in [0.25, 0.3) is 0 Å². The molecule has 0 amide bonds. The van der Waals surface area contributed by atoms with Crippen molar-refractivity contribution in [1.29, 1.82) is 0 Å². The SMILES string of the molecule is C=CCN([C@H]1C(Sc2ccccc2)=CC(=O)O[C@@H]1C)S(=O)(=O)c1ccc(C)cc1. The van der Waals surface area contributed by atoms with Crippen molar-refractivity contribution >= 4 is 27.8 Å². The standard InChI is InChI=1S/C22H23NO4S2/c1-4-14-23(29(25,26)19-12-10-16(2)11-13-19)22-17(3)27-21(24)15-20(22)28-18-8-6-5-7-9-18/h4-13,15,17,22H,1,14H2,2-3H3/t17-,22-/m1/s1. The molecule has 0 saturated heterocycles. The Bertz CT molecular complexity index is 1010. The number of hydrogen-bond acceptors (Lipinski definition) is 5. The maximum atomic E-state index is 13.5. The molecule has 2 aromatic rings. The van der Waals surface area contributed by atoms with Gasteiger partial charge in [0, 0.05) is 22.4 Å². The Morgan fingerprint density at radius 1 is 1.14 bits per heavy atom. The van der Waals surface area contributed by atoms with Crippen LogP contribution in [0.3, 0.4) is 0 Å². The monoisotopic (exact) mass is 429 g/mol. The van der Waals surface area contributed by atoms with Gasteiger partial charge in [0.25, 0.3) is 0 Å². The highest BCUT2D eigenvalue weighted by atomic mass is 32.2. The van der Waals surface area contributed by atoms with E-state index in [1.54, 1.807) is 37.3 Å². The van der Waals surface area contributed by atoms with Gasteiger partial charge in [-0.1, -0.05) is 53.7 Å². The molecule has 0 aromatic heterocycles. The number of ether oxygens (including phenoxy) is 1. The van der Waals surface area contributed by atoms with Crippen LogP contribution in [0.1, 0.15) is 12.5 Å². The summed E-state index contributed by atoms with van der Waals surface area (Å²) < 4.78 is 33.6. The number of nitrogens with zero attached hydrogens (tertiary/aromatic N) is 1. The Kier molecular flexibility index (Phi) is 6.62. The number of aryl methyl sites for hydroxylation is 1. The normalized spacial score (nSPS) is 19.6. The fourth-order valence-corrected chi connectivity index (χ4v) is 6.00. The van der Waals surface area contributed by atoms with Gasteiger partial charge in [-0.2, -0.15) is 4.31 Å². The van der Waals surface area contributed by atoms with E-state index < -0.39 is 28.1 Å². The fraction of sp³-hybridized carbons (Fsp3) is 0.227. The first-order valence-electron chi connectivity index (χ1n) is 9.17. The average Bonchev–Trinajstić information content (AvgIpc) is 2.68. The molecule has 29 heavy (non-hydrogen) atoms. The minimum atomic E-state index is -3.84. The molecule has 0 fully saturated rings. The van der Waals surface area contributed by atoms with E-state index in [0.29, 0.717) is 4.91 Å². The van der Waals surface area contributed by atoms with Crippen LogP contribution in [0.2, 0.25) is 0 Å². The van der Waals surface area contributed by atoms with Gasteiger partial charge in [0.05, 0.1) is 10.9 Å². The summed E-state index contributed by atoms with van der Waals surface area (Å²) in [5.74, 6) is -0.474. The van der Waals surface area contributed by atoms with E-state index in [-0.39, 0.29) is 11.4 Å². The molecule has 2 atom stereocenters. The van der Waals surface area contributed by atoms with Gasteiger partial charge >= 0.3 is 5.97 Å². The number of carbonyl (C=O) groups is 1. The zero-order chi connectivity index (χ0) is 21.0. The summed E-state index contributed by atoms with van der Waals surface area (Å²) in [6, 6.07) is 15.6. The summed E-state index contributed by atoms with van der Waals surface area (Å²) in [6.07, 6.45) is 2.28. The quantitative estimate of drug-likeness (QED) is 0.488. The number of carbonyl (C=O) groups excluding carboxylic acids is 1. The van der Waals surface area contributed by atoms with E-state index >= 15 is 0 Å². The first-order valence-corrected chi connectivity index (χ1v) is 11.4. The van der Waals surface area contributed by atoms with Crippen LogP contribution in [0, 0.1) is 6.92 Å². The summed E-state index contributed by atoms with van der Waals surface area (Å²) in [5, 5.41) is 0. The first-order chi connectivity index (χ1) is 13.8. The molecule has 7 heteroatoms. The van der Waals surface area contributed by atoms with Crippen molar-refractivity contribution in [2.45, 2.75) is 35.8 Å². The maximum absolute atomic E-state index is 13.5. The molecule has 152 valence electrons. The third-order valence-corrected chi connectivity index (χ3v) is 7.49. The molecule has 1 aliphatic heterocycles. The number of sulfonamides is 1. The van der Waals surface area contributed by atoms with Crippen molar-refractivity contribution in [1.82, 2.24) is 4.31 Å². The van der Waals surface area contributed by atoms with Crippen molar-refractivity contribution in [2.75, 3.05) is 6.54 Å². The van der Waals surface area contributed by atoms with Crippen molar-refractivity contribution in [3.63, 3.8) is 0 Å². The Balaban J connectivity index is 2.04. The third kappa shape index (κ3) is 4.80. The highest BCUT2D eigenvalue weighted by Gasteiger charge is 2.40. The molecule has 0 N–H and O–H groups in total. The number of esters is 1. The lowest BCUT2D eigenvalue weighted by Crippen LogP contribution is -2.49. The Hall–Kier alpha value is -2.35. The van der Waals surface area contributed by atoms with Crippen LogP contribution < -0.4 is 0 Å². The summed E-state index contributed by atoms with van der Waals surface area (Å²) >= 11 is 1.37. The molecule has 3 rings (SSSR count). The smallest absolute Gasteiger partial charge is 0.331 e. The van der Waals surface area contributed by atoms with Gasteiger partial charge in [-0.25, -0.2) is 13.2 Å². The number of hydrogen-bond donors (Lipinski definition) is 0. The minimum absolute atomic E-state index is 0.0927. The largest absolute Gasteiger partial charge is 0.457 e. The van der Waals surface area contributed by atoms with E-state index in [1.807, 2.05) is 37.3 Å². The third-order valence-electron chi connectivity index (χ3n) is 4.52. The number of benzene rings is 2. The molecular formula is C22H23NO4S2. The van der Waals surface area contributed by atoms with Gasteiger partial charge in [0.1, 0.15) is 6.10 Å². The second-order valence-corrected chi connectivity index (χ2v) is 9.76. The van der Waals surface area contributed by atoms with E-state index in [2.05, 4.69) is 6.58 Å². The zero-order valence-corrected chi connectivity index (χ0v) is 17.9. The summed E-state index contributed by atoms with van der Waals surface area (Å²) in [4.78, 5) is 13.8. The van der Waals surface area contributed by atoms with Crippen LogP contribution in [0.4, 0.5) is 0 Å². The molecule has 5 nitrogen and oxygen atoms in total. The Labute approximate surface area is 176 Å². The van der Waals surface area contributed by atoms with Gasteiger partial charge in [0.15, 0.2) is 0 Å². The first kappa shape index (κ1) is 21.4. The van der Waals surface area contributed by atoms with E-state index in [4.69, 9.17) is 4.74 Å². The van der Waals surface area contributed by atoms with Crippen molar-refractivity contribution in [3.05, 3.63) is 83.8 Å². The van der Waals surface area contributed by atoms with Gasteiger partial charge in [-0.15, -0.1) is 6.58 Å². The van der Waals surface area contributed by atoms with Crippen LogP contribution >= 0.6 is 11.8 Å². The second-order valence-electron chi connectivity index (χ2n) is 6.73. The fourth-order valence-electron chi connectivity index (χ4n) is 3.14. The molecule has 0 unspecified atom stereocenters. The number of cyclic esters (lactones) is 1. The van der Waals surface area contributed by atoms with E-state index in [1.165, 1.54) is 22.1 Å². The molecular weight excluding hydrogens is 406 g/mol. The van der Waals surface area contributed by atoms with Crippen LogP contribution in [0.15, 0.2) is 88.0 Å². The van der Waals surface area contributed by atoms with Gasteiger partial charge in [0.2, 0.25) is 10.0 Å². The minimum Gasteiger partial charge on any atom is -0.457 e. The molecule has 0 spiro atoms. The molecule has 1 heterocycles. The van der Waals surface area contributed by atoms with E-state index in [0.717, 1.165) is 10.5 Å². The molecule has 0 radical (unpaired) electrons. The van der Waals surface area contributed by atoms with Crippen molar-refractivity contribution in [3.8, 4) is 0 Å². The maximum Gasteiger partial charge on any atom is 0.331 e. The Morgan fingerprint density at radius 2 is 1.79 bits per heavy atom. The zero-order valence-electron chi connectivity index (χ0n) is 16.3. The van der Waals surface area contributed by atoms with Crippen LogP contribution in [-0.2, 0) is 19.6 Å². The lowest BCUT2D eigenvalue weighted by molar-refractivity contribution is -0.145. The molecule has 1 aliphatic rings. The van der Waals surface area contributed by atoms with Gasteiger partial charge in [-0.3, -0.25) is 0 Å². The van der Waals surface area contributed by atoms with Crippen LogP contribution in [0.5, 0.6) is 0 Å². The van der Waals surface area contributed by atoms with Crippen molar-refractivity contribution < 1.29 is 17.9 Å². The molecule has 0 aliphatic carbocycles. The highest BCUT2D eigenvalue weighted by Crippen LogP contribution is 2.37. The number of thioether (sulfide) groups is 1. The van der Waals surface area contributed by atoms with Crippen LogP contribution in [-0.4, -0.2) is 37.4 Å². The second kappa shape index (κ2) is 8.98. The Morgan fingerprint density at radius 3 is 2.41 bits per heavy atom. The topological polar surface area (TPSA) is 63.7 Å². The summed E-state index contributed by atoms with van der Waals surface area (Å²) in [7, 11) is -3.84. The molecule has 2 aromatic carbocycles. The van der Waals surface area contributed by atoms with Gasteiger partial charge in [-0.05, 0) is 38.1 Å². The average molecular weight is 430 g/mol. The summed E-state index contributed by atoms with van der Waals surface area (Å²) in [6.45, 7) is 7.43.